The molecule has 1 heterocycles. The van der Waals surface area contributed by atoms with E-state index in [2.05, 4.69) is 89.5 Å². The van der Waals surface area contributed by atoms with Crippen molar-refractivity contribution in [2.45, 2.75) is 19.9 Å². The molecule has 0 aliphatic carbocycles. The molecule has 0 bridgehead atoms. The van der Waals surface area contributed by atoms with Crippen LogP contribution in [0.4, 0.5) is 11.4 Å². The largest absolute Gasteiger partial charge is 0.388 e. The van der Waals surface area contributed by atoms with E-state index in [9.17, 15) is 0 Å². The highest BCUT2D eigenvalue weighted by Gasteiger charge is 2.24. The molecule has 0 spiro atoms. The zero-order chi connectivity index (χ0) is 23.4. The van der Waals surface area contributed by atoms with E-state index in [1.807, 2.05) is 25.2 Å². The molecule has 0 fully saturated rings. The molecule has 33 heavy (non-hydrogen) atoms. The highest BCUT2D eigenvalue weighted by Crippen LogP contribution is 2.34. The molecule has 0 radical (unpaired) electrons. The Morgan fingerprint density at radius 2 is 1.73 bits per heavy atom. The van der Waals surface area contributed by atoms with Crippen LogP contribution in [0.15, 0.2) is 71.8 Å². The molecule has 4 rings (SSSR count). The molecule has 0 saturated carbocycles. The standard InChI is InChI=1S/C27H31N6/c1-5-33(3,4)17-9-16-32-26-19-21(29-2)12-15-24(26)23-14-13-22(30-31-28)18-25(23)27(32)20-10-7-6-8-11-20/h6-8,10-15,18-19H,5,9,16-17H2,1-4H3/q+1/p+1. The first-order chi connectivity index (χ1) is 16.0. The van der Waals surface area contributed by atoms with Crippen LogP contribution in [0.1, 0.15) is 13.3 Å². The van der Waals surface area contributed by atoms with Crippen LogP contribution >= 0.6 is 0 Å². The topological polar surface area (TPSA) is 64.7 Å². The lowest BCUT2D eigenvalue weighted by Crippen LogP contribution is -2.44. The summed E-state index contributed by atoms with van der Waals surface area (Å²) in [7, 11) is 6.52. The summed E-state index contributed by atoms with van der Waals surface area (Å²) in [5.74, 6) is 0. The number of aryl methyl sites for hydroxylation is 1. The van der Waals surface area contributed by atoms with Gasteiger partial charge in [-0.1, -0.05) is 35.4 Å². The molecular weight excluding hydrogens is 408 g/mol. The molecule has 0 aliphatic rings. The maximum absolute atomic E-state index is 9.02. The molecule has 0 saturated heterocycles. The summed E-state index contributed by atoms with van der Waals surface area (Å²) >= 11 is 0. The second-order valence-electron chi connectivity index (χ2n) is 9.10. The molecule has 6 heteroatoms. The summed E-state index contributed by atoms with van der Waals surface area (Å²) in [4.78, 5) is 3.02. The van der Waals surface area contributed by atoms with Gasteiger partial charge in [0, 0.05) is 40.4 Å². The van der Waals surface area contributed by atoms with Crippen LogP contribution < -0.4 is 9.88 Å². The third-order valence-electron chi connectivity index (χ3n) is 6.60. The minimum absolute atomic E-state index is 0.628. The SMILES string of the molecule is CC[N+](C)(C)CCC[n+]1c(-c2ccccc2)c2cc(N=[N+]=[N-])ccc2c2ccc(NC)cc21. The first-order valence-electron chi connectivity index (χ1n) is 11.5. The third kappa shape index (κ3) is 4.63. The molecule has 0 aliphatic heterocycles. The summed E-state index contributed by atoms with van der Waals surface area (Å²) in [6.07, 6.45) is 1.06. The van der Waals surface area contributed by atoms with Gasteiger partial charge in [0.1, 0.15) is 0 Å². The molecule has 0 amide bonds. The molecule has 168 valence electrons. The van der Waals surface area contributed by atoms with Gasteiger partial charge < -0.3 is 9.80 Å². The van der Waals surface area contributed by atoms with Gasteiger partial charge in [-0.25, -0.2) is 0 Å². The molecule has 3 aromatic carbocycles. The van der Waals surface area contributed by atoms with Crippen molar-refractivity contribution < 1.29 is 9.05 Å². The Bertz CT molecular complexity index is 1340. The minimum atomic E-state index is 0.628. The summed E-state index contributed by atoms with van der Waals surface area (Å²) in [5.41, 5.74) is 14.2. The van der Waals surface area contributed by atoms with E-state index in [1.165, 1.54) is 10.9 Å². The van der Waals surface area contributed by atoms with Crippen LogP contribution in [-0.2, 0) is 6.54 Å². The fourth-order valence-corrected chi connectivity index (χ4v) is 4.44. The summed E-state index contributed by atoms with van der Waals surface area (Å²) in [6.45, 7) is 5.34. The number of fused-ring (bicyclic) bond motifs is 3. The number of rotatable bonds is 8. The van der Waals surface area contributed by atoms with Gasteiger partial charge >= 0.3 is 0 Å². The van der Waals surface area contributed by atoms with E-state index in [-0.39, 0.29) is 0 Å². The van der Waals surface area contributed by atoms with Gasteiger partial charge in [0.05, 0.1) is 44.4 Å². The van der Waals surface area contributed by atoms with E-state index in [0.717, 1.165) is 58.3 Å². The van der Waals surface area contributed by atoms with Crippen molar-refractivity contribution in [2.75, 3.05) is 39.5 Å². The summed E-state index contributed by atoms with van der Waals surface area (Å²) in [6, 6.07) is 23.1. The number of pyridine rings is 1. The van der Waals surface area contributed by atoms with Crippen molar-refractivity contribution >= 4 is 33.1 Å². The molecule has 0 unspecified atom stereocenters. The van der Waals surface area contributed by atoms with Gasteiger partial charge in [-0.15, -0.1) is 0 Å². The molecular formula is C27H32N6+2. The molecule has 0 atom stereocenters. The monoisotopic (exact) mass is 440 g/mol. The number of hydrogen-bond donors (Lipinski definition) is 1. The number of nitrogens with one attached hydrogen (secondary N) is 1. The second kappa shape index (κ2) is 9.49. The predicted octanol–water partition coefficient (Wildman–Crippen LogP) is 6.42. The average Bonchev–Trinajstić information content (AvgIpc) is 2.84. The van der Waals surface area contributed by atoms with Gasteiger partial charge in [0.15, 0.2) is 6.54 Å². The second-order valence-corrected chi connectivity index (χ2v) is 9.10. The number of aromatic nitrogens is 1. The van der Waals surface area contributed by atoms with Crippen molar-refractivity contribution in [1.82, 2.24) is 0 Å². The smallest absolute Gasteiger partial charge is 0.220 e. The maximum Gasteiger partial charge on any atom is 0.220 e. The van der Waals surface area contributed by atoms with Crippen molar-refractivity contribution in [2.24, 2.45) is 5.11 Å². The maximum atomic E-state index is 9.02. The van der Waals surface area contributed by atoms with Crippen LogP contribution in [-0.4, -0.2) is 38.7 Å². The fourth-order valence-electron chi connectivity index (χ4n) is 4.44. The number of nitrogens with zero attached hydrogens (tertiary/aromatic N) is 5. The van der Waals surface area contributed by atoms with Crippen molar-refractivity contribution in [3.8, 4) is 11.3 Å². The highest BCUT2D eigenvalue weighted by atomic mass is 15.3. The Morgan fingerprint density at radius 3 is 2.42 bits per heavy atom. The van der Waals surface area contributed by atoms with Crippen molar-refractivity contribution in [3.05, 3.63) is 77.2 Å². The van der Waals surface area contributed by atoms with E-state index < -0.39 is 0 Å². The molecule has 6 nitrogen and oxygen atoms in total. The molecule has 1 aromatic heterocycles. The highest BCUT2D eigenvalue weighted by molar-refractivity contribution is 6.10. The van der Waals surface area contributed by atoms with E-state index in [0.29, 0.717) is 5.69 Å². The van der Waals surface area contributed by atoms with E-state index >= 15 is 0 Å². The quantitative estimate of drug-likeness (QED) is 0.0843. The first kappa shape index (κ1) is 22.6. The fraction of sp³-hybridized carbons (Fsp3) is 0.296. The zero-order valence-corrected chi connectivity index (χ0v) is 19.9. The lowest BCUT2D eigenvalue weighted by molar-refractivity contribution is -0.890. The lowest BCUT2D eigenvalue weighted by Gasteiger charge is -2.27. The molecule has 4 aromatic rings. The Hall–Kier alpha value is -3.60. The van der Waals surface area contributed by atoms with E-state index in [1.54, 1.807) is 0 Å². The van der Waals surface area contributed by atoms with Gasteiger partial charge in [-0.2, -0.15) is 4.57 Å². The number of anilines is 1. The number of azide groups is 1. The van der Waals surface area contributed by atoms with Crippen molar-refractivity contribution in [3.63, 3.8) is 0 Å². The van der Waals surface area contributed by atoms with Crippen molar-refractivity contribution in [1.29, 1.82) is 0 Å². The Labute approximate surface area is 195 Å². The lowest BCUT2D eigenvalue weighted by atomic mass is 9.98. The van der Waals surface area contributed by atoms with E-state index in [4.69, 9.17) is 5.53 Å². The Morgan fingerprint density at radius 1 is 0.970 bits per heavy atom. The van der Waals surface area contributed by atoms with Gasteiger partial charge in [0.2, 0.25) is 11.2 Å². The number of quaternary nitrogens is 1. The normalized spacial score (nSPS) is 11.5. The van der Waals surface area contributed by atoms with Crippen LogP contribution in [0, 0.1) is 0 Å². The van der Waals surface area contributed by atoms with Crippen LogP contribution in [0.2, 0.25) is 0 Å². The van der Waals surface area contributed by atoms with Gasteiger partial charge in [0.25, 0.3) is 0 Å². The summed E-state index contributed by atoms with van der Waals surface area (Å²) < 4.78 is 3.44. The van der Waals surface area contributed by atoms with Gasteiger partial charge in [-0.05, 0) is 42.8 Å². The average molecular weight is 441 g/mol. The minimum Gasteiger partial charge on any atom is -0.388 e. The molecule has 1 N–H and O–H groups in total. The summed E-state index contributed by atoms with van der Waals surface area (Å²) in [5, 5.41) is 10.6. The third-order valence-corrected chi connectivity index (χ3v) is 6.60. The number of hydrogen-bond acceptors (Lipinski definition) is 2. The first-order valence-corrected chi connectivity index (χ1v) is 11.5. The van der Waals surface area contributed by atoms with Crippen LogP contribution in [0.25, 0.3) is 43.4 Å². The Kier molecular flexibility index (Phi) is 6.50. The predicted molar refractivity (Wildman–Crippen MR) is 138 cm³/mol. The van der Waals surface area contributed by atoms with Crippen LogP contribution in [0.5, 0.6) is 0 Å². The van der Waals surface area contributed by atoms with Gasteiger partial charge in [-0.3, -0.25) is 0 Å². The van der Waals surface area contributed by atoms with Crippen LogP contribution in [0.3, 0.4) is 0 Å². The Balaban J connectivity index is 2.05. The number of benzene rings is 3. The zero-order valence-electron chi connectivity index (χ0n) is 19.9.